The van der Waals surface area contributed by atoms with Gasteiger partial charge in [0.25, 0.3) is 0 Å². The molecule has 0 bridgehead atoms. The lowest BCUT2D eigenvalue weighted by atomic mass is 10.2. The van der Waals surface area contributed by atoms with Crippen molar-refractivity contribution in [2.45, 2.75) is 18.6 Å². The summed E-state index contributed by atoms with van der Waals surface area (Å²) in [6.45, 7) is 3.21. The third kappa shape index (κ3) is 2.36. The minimum atomic E-state index is -3.25. The zero-order chi connectivity index (χ0) is 11.6. The minimum Gasteiger partial charge on any atom is -0.315 e. The van der Waals surface area contributed by atoms with Crippen LogP contribution in [0.5, 0.6) is 0 Å². The summed E-state index contributed by atoms with van der Waals surface area (Å²) in [5.74, 6) is 0. The number of anilines is 1. The molecule has 4 nitrogen and oxygen atoms in total. The van der Waals surface area contributed by atoms with E-state index in [0.29, 0.717) is 18.7 Å². The largest absolute Gasteiger partial charge is 0.315 e. The van der Waals surface area contributed by atoms with Gasteiger partial charge in [-0.3, -0.25) is 4.72 Å². The molecule has 1 heterocycles. The van der Waals surface area contributed by atoms with Crippen molar-refractivity contribution in [2.75, 3.05) is 17.8 Å². The number of aryl methyl sites for hydroxylation is 1. The second-order valence-corrected chi connectivity index (χ2v) is 6.04. The summed E-state index contributed by atoms with van der Waals surface area (Å²) in [6.07, 6.45) is 0.682. The molecule has 1 aromatic rings. The molecule has 1 aromatic carbocycles. The first kappa shape index (κ1) is 11.4. The van der Waals surface area contributed by atoms with Gasteiger partial charge >= 0.3 is 0 Å². The Morgan fingerprint density at radius 1 is 1.38 bits per heavy atom. The molecule has 1 fully saturated rings. The fourth-order valence-corrected chi connectivity index (χ4v) is 3.28. The Hall–Kier alpha value is -1.07. The third-order valence-electron chi connectivity index (χ3n) is 2.85. The Morgan fingerprint density at radius 2 is 2.12 bits per heavy atom. The van der Waals surface area contributed by atoms with Gasteiger partial charge in [0.1, 0.15) is 0 Å². The lowest BCUT2D eigenvalue weighted by molar-refractivity contribution is 0.588. The zero-order valence-corrected chi connectivity index (χ0v) is 10.0. The average molecular weight is 240 g/mol. The van der Waals surface area contributed by atoms with Crippen LogP contribution in [-0.4, -0.2) is 26.8 Å². The number of hydrogen-bond acceptors (Lipinski definition) is 3. The molecule has 1 unspecified atom stereocenters. The van der Waals surface area contributed by atoms with Gasteiger partial charge in [0, 0.05) is 6.54 Å². The fourth-order valence-electron chi connectivity index (χ4n) is 1.82. The molecule has 0 radical (unpaired) electrons. The maximum Gasteiger partial charge on any atom is 0.236 e. The lowest BCUT2D eigenvalue weighted by Gasteiger charge is -2.14. The van der Waals surface area contributed by atoms with Crippen LogP contribution in [0.1, 0.15) is 12.0 Å². The van der Waals surface area contributed by atoms with Gasteiger partial charge in [-0.2, -0.15) is 0 Å². The van der Waals surface area contributed by atoms with Crippen LogP contribution < -0.4 is 10.0 Å². The molecule has 5 heteroatoms. The van der Waals surface area contributed by atoms with E-state index in [-0.39, 0.29) is 5.25 Å². The van der Waals surface area contributed by atoms with Crippen LogP contribution in [0.25, 0.3) is 0 Å². The molecule has 1 saturated heterocycles. The molecule has 16 heavy (non-hydrogen) atoms. The summed E-state index contributed by atoms with van der Waals surface area (Å²) in [5, 5.41) is 2.75. The van der Waals surface area contributed by atoms with E-state index in [4.69, 9.17) is 0 Å². The Kier molecular flexibility index (Phi) is 3.16. The van der Waals surface area contributed by atoms with Gasteiger partial charge in [-0.1, -0.05) is 18.2 Å². The van der Waals surface area contributed by atoms with E-state index in [2.05, 4.69) is 10.0 Å². The number of sulfonamides is 1. The molecule has 1 aliphatic rings. The highest BCUT2D eigenvalue weighted by Crippen LogP contribution is 2.18. The standard InChI is InChI=1S/C11H16N2O2S/c1-9-4-2-3-5-11(9)13-16(14,15)10-6-7-12-8-10/h2-5,10,12-13H,6-8H2,1H3. The Morgan fingerprint density at radius 3 is 2.75 bits per heavy atom. The van der Waals surface area contributed by atoms with Crippen LogP contribution in [0.4, 0.5) is 5.69 Å². The van der Waals surface area contributed by atoms with Crippen LogP contribution in [0.3, 0.4) is 0 Å². The molecule has 2 rings (SSSR count). The van der Waals surface area contributed by atoms with E-state index in [9.17, 15) is 8.42 Å². The van der Waals surface area contributed by atoms with Crippen LogP contribution in [0.2, 0.25) is 0 Å². The third-order valence-corrected chi connectivity index (χ3v) is 4.64. The summed E-state index contributed by atoms with van der Waals surface area (Å²) in [7, 11) is -3.25. The second-order valence-electron chi connectivity index (χ2n) is 4.08. The Balaban J connectivity index is 2.18. The van der Waals surface area contributed by atoms with E-state index in [1.807, 2.05) is 25.1 Å². The Labute approximate surface area is 96.1 Å². The van der Waals surface area contributed by atoms with Crippen LogP contribution in [0, 0.1) is 6.92 Å². The van der Waals surface area contributed by atoms with Crippen molar-refractivity contribution in [1.82, 2.24) is 5.32 Å². The summed E-state index contributed by atoms with van der Waals surface area (Å²) >= 11 is 0. The van der Waals surface area contributed by atoms with Gasteiger partial charge < -0.3 is 5.32 Å². The van der Waals surface area contributed by atoms with Crippen molar-refractivity contribution < 1.29 is 8.42 Å². The first-order valence-electron chi connectivity index (χ1n) is 5.37. The van der Waals surface area contributed by atoms with Crippen molar-refractivity contribution in [1.29, 1.82) is 0 Å². The van der Waals surface area contributed by atoms with Crippen molar-refractivity contribution in [2.24, 2.45) is 0 Å². The van der Waals surface area contributed by atoms with E-state index in [1.54, 1.807) is 6.07 Å². The van der Waals surface area contributed by atoms with Crippen LogP contribution >= 0.6 is 0 Å². The zero-order valence-electron chi connectivity index (χ0n) is 9.23. The number of nitrogens with one attached hydrogen (secondary N) is 2. The average Bonchev–Trinajstić information content (AvgIpc) is 2.75. The summed E-state index contributed by atoms with van der Waals surface area (Å²) in [4.78, 5) is 0. The van der Waals surface area contributed by atoms with Crippen LogP contribution in [-0.2, 0) is 10.0 Å². The van der Waals surface area contributed by atoms with Crippen molar-refractivity contribution >= 4 is 15.7 Å². The quantitative estimate of drug-likeness (QED) is 0.831. The molecule has 1 atom stereocenters. The van der Waals surface area contributed by atoms with Crippen molar-refractivity contribution in [3.63, 3.8) is 0 Å². The first-order valence-corrected chi connectivity index (χ1v) is 6.92. The predicted molar refractivity (Wildman–Crippen MR) is 65.0 cm³/mol. The summed E-state index contributed by atoms with van der Waals surface area (Å²) in [5.41, 5.74) is 1.62. The van der Waals surface area contributed by atoms with Crippen molar-refractivity contribution in [3.8, 4) is 0 Å². The highest BCUT2D eigenvalue weighted by molar-refractivity contribution is 7.93. The van der Waals surface area contributed by atoms with E-state index >= 15 is 0 Å². The maximum atomic E-state index is 12.0. The molecule has 88 valence electrons. The van der Waals surface area contributed by atoms with Gasteiger partial charge in [-0.25, -0.2) is 8.42 Å². The van der Waals surface area contributed by atoms with Gasteiger partial charge in [0.2, 0.25) is 10.0 Å². The van der Waals surface area contributed by atoms with Gasteiger partial charge in [-0.15, -0.1) is 0 Å². The number of rotatable bonds is 3. The topological polar surface area (TPSA) is 58.2 Å². The molecule has 2 N–H and O–H groups in total. The normalized spacial score (nSPS) is 20.9. The van der Waals surface area contributed by atoms with Crippen LogP contribution in [0.15, 0.2) is 24.3 Å². The molecule has 0 saturated carbocycles. The minimum absolute atomic E-state index is 0.313. The van der Waals surface area contributed by atoms with E-state index < -0.39 is 10.0 Å². The van der Waals surface area contributed by atoms with Gasteiger partial charge in [0.05, 0.1) is 10.9 Å². The molecule has 0 spiro atoms. The van der Waals surface area contributed by atoms with Gasteiger partial charge in [-0.05, 0) is 31.5 Å². The van der Waals surface area contributed by atoms with Crippen molar-refractivity contribution in [3.05, 3.63) is 29.8 Å². The maximum absolute atomic E-state index is 12.0. The molecular weight excluding hydrogens is 224 g/mol. The summed E-state index contributed by atoms with van der Waals surface area (Å²) < 4.78 is 26.7. The number of benzene rings is 1. The van der Waals surface area contributed by atoms with E-state index in [0.717, 1.165) is 12.1 Å². The Bertz CT molecular complexity index is 465. The van der Waals surface area contributed by atoms with E-state index in [1.165, 1.54) is 0 Å². The van der Waals surface area contributed by atoms with Gasteiger partial charge in [0.15, 0.2) is 0 Å². The highest BCUT2D eigenvalue weighted by Gasteiger charge is 2.28. The summed E-state index contributed by atoms with van der Waals surface area (Å²) in [6, 6.07) is 7.40. The molecule has 0 aromatic heterocycles. The molecule has 1 aliphatic heterocycles. The number of para-hydroxylation sites is 1. The molecule has 0 aliphatic carbocycles. The first-order chi connectivity index (χ1) is 7.59. The SMILES string of the molecule is Cc1ccccc1NS(=O)(=O)C1CCNC1. The lowest BCUT2D eigenvalue weighted by Crippen LogP contribution is -2.29. The predicted octanol–water partition coefficient (Wildman–Crippen LogP) is 1.10. The monoisotopic (exact) mass is 240 g/mol. The highest BCUT2D eigenvalue weighted by atomic mass is 32.2. The number of hydrogen-bond donors (Lipinski definition) is 2. The second kappa shape index (κ2) is 4.43. The fraction of sp³-hybridized carbons (Fsp3) is 0.455. The molecule has 0 amide bonds. The molecular formula is C11H16N2O2S. The smallest absolute Gasteiger partial charge is 0.236 e.